The van der Waals surface area contributed by atoms with Gasteiger partial charge in [0.05, 0.1) is 6.42 Å². The van der Waals surface area contributed by atoms with Gasteiger partial charge < -0.3 is 15.4 Å². The zero-order valence-electron chi connectivity index (χ0n) is 13.7. The summed E-state index contributed by atoms with van der Waals surface area (Å²) in [7, 11) is -1.49. The number of hydrogen-bond acceptors (Lipinski definition) is 3. The van der Waals surface area contributed by atoms with Gasteiger partial charge in [0.2, 0.25) is 5.91 Å². The standard InChI is InChI=1S/C18H22BNO3/c1-18(2,3)14-6-10-16(11-7-14)20-17(21)12-13-4-8-15(9-5-13)19(22)23/h4-11,22-23H,12H2,1-3H3,(H,20,21). The van der Waals surface area contributed by atoms with Crippen molar-refractivity contribution in [3.05, 3.63) is 59.7 Å². The predicted molar refractivity (Wildman–Crippen MR) is 93.7 cm³/mol. The highest BCUT2D eigenvalue weighted by Crippen LogP contribution is 2.23. The third-order valence-corrected chi connectivity index (χ3v) is 3.68. The van der Waals surface area contributed by atoms with Gasteiger partial charge in [0, 0.05) is 5.69 Å². The second-order valence-electron chi connectivity index (χ2n) is 6.67. The molecule has 0 aliphatic carbocycles. The summed E-state index contributed by atoms with van der Waals surface area (Å²) < 4.78 is 0. The van der Waals surface area contributed by atoms with Crippen molar-refractivity contribution >= 4 is 24.2 Å². The van der Waals surface area contributed by atoms with E-state index in [0.29, 0.717) is 5.46 Å². The van der Waals surface area contributed by atoms with E-state index >= 15 is 0 Å². The first-order valence-corrected chi connectivity index (χ1v) is 7.61. The first-order valence-electron chi connectivity index (χ1n) is 7.61. The lowest BCUT2D eigenvalue weighted by molar-refractivity contribution is -0.115. The van der Waals surface area contributed by atoms with E-state index in [2.05, 4.69) is 26.1 Å². The molecule has 0 aromatic heterocycles. The second kappa shape index (κ2) is 6.98. The quantitative estimate of drug-likeness (QED) is 0.755. The molecule has 0 aliphatic heterocycles. The maximum Gasteiger partial charge on any atom is 0.488 e. The van der Waals surface area contributed by atoms with Gasteiger partial charge in [-0.3, -0.25) is 4.79 Å². The van der Waals surface area contributed by atoms with Crippen LogP contribution in [0.25, 0.3) is 0 Å². The van der Waals surface area contributed by atoms with Crippen LogP contribution in [-0.2, 0) is 16.6 Å². The molecule has 0 bridgehead atoms. The fourth-order valence-corrected chi connectivity index (χ4v) is 2.25. The van der Waals surface area contributed by atoms with Gasteiger partial charge in [-0.15, -0.1) is 0 Å². The molecular formula is C18H22BNO3. The van der Waals surface area contributed by atoms with E-state index in [-0.39, 0.29) is 17.7 Å². The minimum absolute atomic E-state index is 0.0849. The van der Waals surface area contributed by atoms with E-state index in [1.807, 2.05) is 24.3 Å². The average Bonchev–Trinajstić information content (AvgIpc) is 2.47. The Morgan fingerprint density at radius 1 is 1.00 bits per heavy atom. The highest BCUT2D eigenvalue weighted by Gasteiger charge is 2.13. The van der Waals surface area contributed by atoms with Crippen LogP contribution in [-0.4, -0.2) is 23.1 Å². The monoisotopic (exact) mass is 311 g/mol. The molecule has 0 atom stereocenters. The number of rotatable bonds is 4. The summed E-state index contributed by atoms with van der Waals surface area (Å²) in [6, 6.07) is 14.5. The smallest absolute Gasteiger partial charge is 0.423 e. The zero-order valence-corrected chi connectivity index (χ0v) is 13.7. The maximum atomic E-state index is 12.1. The normalized spacial score (nSPS) is 11.2. The van der Waals surface area contributed by atoms with Gasteiger partial charge in [-0.2, -0.15) is 0 Å². The Morgan fingerprint density at radius 2 is 1.57 bits per heavy atom. The fourth-order valence-electron chi connectivity index (χ4n) is 2.25. The third kappa shape index (κ3) is 4.94. The molecular weight excluding hydrogens is 289 g/mol. The summed E-state index contributed by atoms with van der Waals surface area (Å²) in [5.74, 6) is -0.106. The van der Waals surface area contributed by atoms with Gasteiger partial charge in [0.25, 0.3) is 0 Å². The highest BCUT2D eigenvalue weighted by atomic mass is 16.4. The summed E-state index contributed by atoms with van der Waals surface area (Å²) in [6.45, 7) is 6.44. The van der Waals surface area contributed by atoms with Crippen molar-refractivity contribution in [3.8, 4) is 0 Å². The Labute approximate surface area is 137 Å². The van der Waals surface area contributed by atoms with Crippen LogP contribution in [0, 0.1) is 0 Å². The minimum atomic E-state index is -1.49. The summed E-state index contributed by atoms with van der Waals surface area (Å²) in [6.07, 6.45) is 0.239. The van der Waals surface area contributed by atoms with Crippen molar-refractivity contribution in [1.29, 1.82) is 0 Å². The predicted octanol–water partition coefficient (Wildman–Crippen LogP) is 1.85. The van der Waals surface area contributed by atoms with Crippen LogP contribution in [0.1, 0.15) is 31.9 Å². The van der Waals surface area contributed by atoms with Crippen LogP contribution >= 0.6 is 0 Å². The second-order valence-corrected chi connectivity index (χ2v) is 6.67. The minimum Gasteiger partial charge on any atom is -0.423 e. The van der Waals surface area contributed by atoms with Crippen LogP contribution in [0.3, 0.4) is 0 Å². The fraction of sp³-hybridized carbons (Fsp3) is 0.278. The number of nitrogens with one attached hydrogen (secondary N) is 1. The average molecular weight is 311 g/mol. The van der Waals surface area contributed by atoms with Gasteiger partial charge in [-0.25, -0.2) is 0 Å². The molecule has 3 N–H and O–H groups in total. The summed E-state index contributed by atoms with van der Waals surface area (Å²) >= 11 is 0. The van der Waals surface area contributed by atoms with Crippen molar-refractivity contribution in [2.24, 2.45) is 0 Å². The van der Waals surface area contributed by atoms with E-state index in [1.165, 1.54) is 5.56 Å². The van der Waals surface area contributed by atoms with Crippen molar-refractivity contribution in [1.82, 2.24) is 0 Å². The number of anilines is 1. The van der Waals surface area contributed by atoms with E-state index in [0.717, 1.165) is 11.3 Å². The lowest BCUT2D eigenvalue weighted by Gasteiger charge is -2.19. The van der Waals surface area contributed by atoms with Gasteiger partial charge in [-0.1, -0.05) is 57.2 Å². The van der Waals surface area contributed by atoms with E-state index in [4.69, 9.17) is 10.0 Å². The molecule has 0 aliphatic rings. The van der Waals surface area contributed by atoms with Gasteiger partial charge >= 0.3 is 7.12 Å². The van der Waals surface area contributed by atoms with Crippen molar-refractivity contribution in [3.63, 3.8) is 0 Å². The van der Waals surface area contributed by atoms with Gasteiger partial charge in [0.15, 0.2) is 0 Å². The van der Waals surface area contributed by atoms with E-state index in [9.17, 15) is 4.79 Å². The summed E-state index contributed by atoms with van der Waals surface area (Å²) in [4.78, 5) is 12.1. The Hall–Kier alpha value is -2.11. The number of carbonyl (C=O) groups excluding carboxylic acids is 1. The molecule has 0 saturated carbocycles. The largest absolute Gasteiger partial charge is 0.488 e. The zero-order chi connectivity index (χ0) is 17.0. The molecule has 23 heavy (non-hydrogen) atoms. The molecule has 0 heterocycles. The molecule has 2 rings (SSSR count). The van der Waals surface area contributed by atoms with Crippen molar-refractivity contribution in [2.75, 3.05) is 5.32 Å². The molecule has 1 amide bonds. The molecule has 0 saturated heterocycles. The van der Waals surface area contributed by atoms with E-state index < -0.39 is 7.12 Å². The molecule has 120 valence electrons. The molecule has 0 fully saturated rings. The first-order chi connectivity index (χ1) is 10.8. The van der Waals surface area contributed by atoms with E-state index in [1.54, 1.807) is 24.3 Å². The lowest BCUT2D eigenvalue weighted by Crippen LogP contribution is -2.29. The topological polar surface area (TPSA) is 69.6 Å². The number of amides is 1. The third-order valence-electron chi connectivity index (χ3n) is 3.68. The van der Waals surface area contributed by atoms with Crippen LogP contribution in [0.5, 0.6) is 0 Å². The Morgan fingerprint density at radius 3 is 2.04 bits per heavy atom. The van der Waals surface area contributed by atoms with Crippen molar-refractivity contribution < 1.29 is 14.8 Å². The molecule has 5 heteroatoms. The number of hydrogen-bond donors (Lipinski definition) is 3. The van der Waals surface area contributed by atoms with Crippen LogP contribution in [0.2, 0.25) is 0 Å². The molecule has 2 aromatic carbocycles. The molecule has 0 radical (unpaired) electrons. The lowest BCUT2D eigenvalue weighted by atomic mass is 9.80. The van der Waals surface area contributed by atoms with Crippen LogP contribution < -0.4 is 10.8 Å². The summed E-state index contributed by atoms with van der Waals surface area (Å²) in [5.41, 5.74) is 3.30. The molecule has 0 unspecified atom stereocenters. The molecule has 2 aromatic rings. The first kappa shape index (κ1) is 17.3. The maximum absolute atomic E-state index is 12.1. The van der Waals surface area contributed by atoms with Gasteiger partial charge in [-0.05, 0) is 34.1 Å². The Bertz CT molecular complexity index is 658. The van der Waals surface area contributed by atoms with Crippen LogP contribution in [0.15, 0.2) is 48.5 Å². The van der Waals surface area contributed by atoms with Gasteiger partial charge in [0.1, 0.15) is 0 Å². The molecule has 4 nitrogen and oxygen atoms in total. The SMILES string of the molecule is CC(C)(C)c1ccc(NC(=O)Cc2ccc(B(O)O)cc2)cc1. The number of benzene rings is 2. The molecule has 0 spiro atoms. The Kier molecular flexibility index (Phi) is 5.24. The van der Waals surface area contributed by atoms with Crippen molar-refractivity contribution in [2.45, 2.75) is 32.6 Å². The van der Waals surface area contributed by atoms with Crippen LogP contribution in [0.4, 0.5) is 5.69 Å². The Balaban J connectivity index is 1.96. The highest BCUT2D eigenvalue weighted by molar-refractivity contribution is 6.58. The number of carbonyl (C=O) groups is 1. The summed E-state index contributed by atoms with van der Waals surface area (Å²) in [5, 5.41) is 21.0.